The van der Waals surface area contributed by atoms with Crippen LogP contribution in [0.1, 0.15) is 37.6 Å². The molecule has 0 saturated carbocycles. The molecule has 3 rings (SSSR count). The third-order valence-corrected chi connectivity index (χ3v) is 5.03. The van der Waals surface area contributed by atoms with E-state index in [1.807, 2.05) is 18.5 Å². The summed E-state index contributed by atoms with van der Waals surface area (Å²) < 4.78 is 13.5. The van der Waals surface area contributed by atoms with Gasteiger partial charge in [-0.2, -0.15) is 0 Å². The maximum Gasteiger partial charge on any atom is 0.191 e. The van der Waals surface area contributed by atoms with E-state index in [0.717, 1.165) is 76.9 Å². The zero-order chi connectivity index (χ0) is 20.9. The van der Waals surface area contributed by atoms with Gasteiger partial charge in [-0.3, -0.25) is 4.99 Å². The van der Waals surface area contributed by atoms with Gasteiger partial charge in [0.15, 0.2) is 5.96 Å². The van der Waals surface area contributed by atoms with Crippen molar-refractivity contribution in [2.24, 2.45) is 4.99 Å². The summed E-state index contributed by atoms with van der Waals surface area (Å²) in [4.78, 5) is 9.17. The molecule has 0 radical (unpaired) electrons. The second-order valence-electron chi connectivity index (χ2n) is 7.46. The first-order chi connectivity index (χ1) is 14.8. The molecule has 1 aliphatic heterocycles. The van der Waals surface area contributed by atoms with Crippen molar-refractivity contribution in [3.63, 3.8) is 0 Å². The molecule has 1 unspecified atom stereocenters. The van der Waals surface area contributed by atoms with E-state index in [1.165, 1.54) is 5.56 Å². The van der Waals surface area contributed by atoms with Gasteiger partial charge in [-0.05, 0) is 31.7 Å². The minimum Gasteiger partial charge on any atom is -0.379 e. The monoisotopic (exact) mass is 541 g/mol. The Morgan fingerprint density at radius 1 is 1.29 bits per heavy atom. The molecule has 1 atom stereocenters. The zero-order valence-corrected chi connectivity index (χ0v) is 20.8. The summed E-state index contributed by atoms with van der Waals surface area (Å²) in [6.45, 7) is 7.59. The van der Waals surface area contributed by atoms with Crippen LogP contribution in [0.25, 0.3) is 0 Å². The van der Waals surface area contributed by atoms with E-state index in [2.05, 4.69) is 56.4 Å². The number of imidazole rings is 1. The van der Waals surface area contributed by atoms with Crippen LogP contribution in [0.4, 0.5) is 0 Å². The number of ether oxygens (including phenoxy) is 2. The largest absolute Gasteiger partial charge is 0.379 e. The number of aliphatic imine (C=N–C) groups is 1. The van der Waals surface area contributed by atoms with E-state index < -0.39 is 0 Å². The molecule has 7 nitrogen and oxygen atoms in total. The molecular weight excluding hydrogens is 505 g/mol. The van der Waals surface area contributed by atoms with Crippen LogP contribution < -0.4 is 10.6 Å². The number of rotatable bonds is 12. The summed E-state index contributed by atoms with van der Waals surface area (Å²) in [6, 6.07) is 10.5. The number of hydrogen-bond acceptors (Lipinski definition) is 4. The van der Waals surface area contributed by atoms with Crippen LogP contribution in [0.3, 0.4) is 0 Å². The predicted octanol–water partition coefficient (Wildman–Crippen LogP) is 3.23. The van der Waals surface area contributed by atoms with Gasteiger partial charge >= 0.3 is 0 Å². The van der Waals surface area contributed by atoms with Gasteiger partial charge in [0.2, 0.25) is 0 Å². The first kappa shape index (κ1) is 25.6. The predicted molar refractivity (Wildman–Crippen MR) is 135 cm³/mol. The average molecular weight is 541 g/mol. The minimum absolute atomic E-state index is 0. The van der Waals surface area contributed by atoms with Crippen molar-refractivity contribution in [2.75, 3.05) is 39.5 Å². The highest BCUT2D eigenvalue weighted by atomic mass is 127. The summed E-state index contributed by atoms with van der Waals surface area (Å²) in [7, 11) is 0. The first-order valence-corrected chi connectivity index (χ1v) is 11.1. The summed E-state index contributed by atoms with van der Waals surface area (Å²) in [6.07, 6.45) is 8.23. The molecule has 1 saturated heterocycles. The van der Waals surface area contributed by atoms with E-state index in [-0.39, 0.29) is 24.0 Å². The van der Waals surface area contributed by atoms with Crippen LogP contribution in [0.15, 0.2) is 47.7 Å². The highest BCUT2D eigenvalue weighted by molar-refractivity contribution is 14.0. The zero-order valence-electron chi connectivity index (χ0n) is 18.5. The van der Waals surface area contributed by atoms with Crippen molar-refractivity contribution in [1.29, 1.82) is 0 Å². The lowest BCUT2D eigenvalue weighted by Gasteiger charge is -2.13. The SMILES string of the molecule is CCNC(=NCCCOCC1CCCO1)NCCc1nccn1Cc1ccccc1.I. The molecule has 2 N–H and O–H groups in total. The van der Waals surface area contributed by atoms with Gasteiger partial charge in [-0.1, -0.05) is 30.3 Å². The molecule has 1 aromatic carbocycles. The van der Waals surface area contributed by atoms with Crippen molar-refractivity contribution in [1.82, 2.24) is 20.2 Å². The van der Waals surface area contributed by atoms with Crippen LogP contribution in [0.5, 0.6) is 0 Å². The van der Waals surface area contributed by atoms with Crippen molar-refractivity contribution >= 4 is 29.9 Å². The Balaban J connectivity index is 0.00000341. The van der Waals surface area contributed by atoms with Gasteiger partial charge in [0.05, 0.1) is 12.7 Å². The number of benzene rings is 1. The second-order valence-corrected chi connectivity index (χ2v) is 7.46. The fraction of sp³-hybridized carbons (Fsp3) is 0.565. The second kappa shape index (κ2) is 15.2. The van der Waals surface area contributed by atoms with Gasteiger partial charge in [-0.25, -0.2) is 4.98 Å². The Kier molecular flexibility index (Phi) is 12.6. The first-order valence-electron chi connectivity index (χ1n) is 11.1. The normalized spacial score (nSPS) is 16.2. The number of nitrogens with one attached hydrogen (secondary N) is 2. The summed E-state index contributed by atoms with van der Waals surface area (Å²) in [5.41, 5.74) is 1.28. The number of hydrogen-bond donors (Lipinski definition) is 2. The Bertz CT molecular complexity index is 747. The molecule has 1 aromatic heterocycles. The molecule has 31 heavy (non-hydrogen) atoms. The quantitative estimate of drug-likeness (QED) is 0.187. The van der Waals surface area contributed by atoms with Crippen LogP contribution in [-0.4, -0.2) is 61.1 Å². The number of guanidine groups is 1. The smallest absolute Gasteiger partial charge is 0.191 e. The molecule has 2 heterocycles. The number of halogens is 1. The summed E-state index contributed by atoms with van der Waals surface area (Å²) >= 11 is 0. The van der Waals surface area contributed by atoms with Crippen molar-refractivity contribution < 1.29 is 9.47 Å². The molecule has 0 spiro atoms. The van der Waals surface area contributed by atoms with E-state index in [0.29, 0.717) is 12.7 Å². The van der Waals surface area contributed by atoms with Gasteiger partial charge in [0.1, 0.15) is 5.82 Å². The Labute approximate surface area is 203 Å². The molecular formula is C23H36IN5O2. The molecule has 0 aliphatic carbocycles. The molecule has 0 bridgehead atoms. The van der Waals surface area contributed by atoms with Crippen LogP contribution >= 0.6 is 24.0 Å². The van der Waals surface area contributed by atoms with Gasteiger partial charge < -0.3 is 24.7 Å². The van der Waals surface area contributed by atoms with Gasteiger partial charge in [0.25, 0.3) is 0 Å². The van der Waals surface area contributed by atoms with E-state index >= 15 is 0 Å². The Hall–Kier alpha value is -1.65. The molecule has 172 valence electrons. The molecule has 2 aromatic rings. The van der Waals surface area contributed by atoms with E-state index in [4.69, 9.17) is 9.47 Å². The maximum absolute atomic E-state index is 5.71. The fourth-order valence-electron chi connectivity index (χ4n) is 3.47. The highest BCUT2D eigenvalue weighted by Gasteiger charge is 2.14. The third kappa shape index (κ3) is 9.57. The van der Waals surface area contributed by atoms with Gasteiger partial charge in [-0.15, -0.1) is 24.0 Å². The lowest BCUT2D eigenvalue weighted by molar-refractivity contribution is 0.0171. The van der Waals surface area contributed by atoms with Crippen LogP contribution in [0, 0.1) is 0 Å². The Morgan fingerprint density at radius 3 is 2.94 bits per heavy atom. The molecule has 1 fully saturated rings. The van der Waals surface area contributed by atoms with Crippen molar-refractivity contribution in [2.45, 2.75) is 45.3 Å². The number of nitrogens with zero attached hydrogens (tertiary/aromatic N) is 3. The van der Waals surface area contributed by atoms with Crippen LogP contribution in [-0.2, 0) is 22.4 Å². The lowest BCUT2D eigenvalue weighted by Crippen LogP contribution is -2.38. The summed E-state index contributed by atoms with van der Waals surface area (Å²) in [5.74, 6) is 1.92. The lowest BCUT2D eigenvalue weighted by atomic mass is 10.2. The summed E-state index contributed by atoms with van der Waals surface area (Å²) in [5, 5.41) is 6.71. The fourth-order valence-corrected chi connectivity index (χ4v) is 3.47. The molecule has 1 aliphatic rings. The minimum atomic E-state index is 0. The average Bonchev–Trinajstić information content (AvgIpc) is 3.44. The van der Waals surface area contributed by atoms with Crippen molar-refractivity contribution in [3.8, 4) is 0 Å². The Morgan fingerprint density at radius 2 is 2.16 bits per heavy atom. The topological polar surface area (TPSA) is 72.7 Å². The molecule has 0 amide bonds. The van der Waals surface area contributed by atoms with Crippen LogP contribution in [0.2, 0.25) is 0 Å². The maximum atomic E-state index is 5.71. The highest BCUT2D eigenvalue weighted by Crippen LogP contribution is 2.11. The third-order valence-electron chi connectivity index (χ3n) is 5.03. The van der Waals surface area contributed by atoms with E-state index in [9.17, 15) is 0 Å². The standard InChI is InChI=1S/C23H35N5O2.HI/c1-2-24-23(26-12-7-16-29-19-21-10-6-17-30-21)27-13-11-22-25-14-15-28(22)18-20-8-4-3-5-9-20;/h3-5,8-9,14-15,21H,2,6-7,10-13,16-19H2,1H3,(H2,24,26,27);1H. The van der Waals surface area contributed by atoms with E-state index in [1.54, 1.807) is 0 Å². The number of aromatic nitrogens is 2. The van der Waals surface area contributed by atoms with Gasteiger partial charge in [0, 0.05) is 58.2 Å². The van der Waals surface area contributed by atoms with Crippen molar-refractivity contribution in [3.05, 3.63) is 54.1 Å². The molecule has 8 heteroatoms.